The summed E-state index contributed by atoms with van der Waals surface area (Å²) in [7, 11) is 0. The highest BCUT2D eigenvalue weighted by Gasteiger charge is 2.59. The van der Waals surface area contributed by atoms with Crippen molar-refractivity contribution < 1.29 is 5.11 Å². The Morgan fingerprint density at radius 1 is 0.967 bits per heavy atom. The van der Waals surface area contributed by atoms with Crippen molar-refractivity contribution in [2.75, 3.05) is 0 Å². The number of fused-ring (bicyclic) bond motifs is 5. The number of hydrogen-bond donors (Lipinski definition) is 1. The molecule has 0 aromatic heterocycles. The second-order valence-corrected chi connectivity index (χ2v) is 12.2. The summed E-state index contributed by atoms with van der Waals surface area (Å²) in [6, 6.07) is 0. The van der Waals surface area contributed by atoms with Crippen LogP contribution < -0.4 is 0 Å². The summed E-state index contributed by atoms with van der Waals surface area (Å²) in [6.07, 6.45) is 17.2. The molecule has 4 aliphatic carbocycles. The van der Waals surface area contributed by atoms with E-state index in [9.17, 15) is 5.11 Å². The minimum atomic E-state index is -0.0766. The lowest BCUT2D eigenvalue weighted by atomic mass is 9.47. The summed E-state index contributed by atoms with van der Waals surface area (Å²) < 4.78 is 0. The average Bonchev–Trinajstić information content (AvgIpc) is 3.07. The number of aliphatic hydroxyl groups excluding tert-OH is 1. The Kier molecular flexibility index (Phi) is 7.85. The molecule has 3 saturated carbocycles. The number of aliphatic hydroxyl groups is 1. The molecule has 0 radical (unpaired) electrons. The standard InChI is InChI=1S/C27H46O.C2H6/c1-18(2)7-6-8-19(3)23-11-12-24-22-10-9-20-17-21(28)13-15-26(20,4)25(22)14-16-27(23,24)5;1-2/h9,18-19,21-25,28H,6-8,10-17H2,1-5H3;1-2H3/t19-,21?,22+,23?,24+,25+,26+,27-;/m1./s1. The molecule has 0 aromatic rings. The molecule has 0 aromatic carbocycles. The number of hydrogen-bond acceptors (Lipinski definition) is 1. The first-order chi connectivity index (χ1) is 14.3. The predicted molar refractivity (Wildman–Crippen MR) is 130 cm³/mol. The number of rotatable bonds is 5. The van der Waals surface area contributed by atoms with Gasteiger partial charge >= 0.3 is 0 Å². The molecule has 1 heteroatoms. The fourth-order valence-electron chi connectivity index (χ4n) is 8.67. The monoisotopic (exact) mass is 416 g/mol. The van der Waals surface area contributed by atoms with Crippen molar-refractivity contribution >= 4 is 0 Å². The third kappa shape index (κ3) is 4.31. The van der Waals surface area contributed by atoms with E-state index in [2.05, 4.69) is 40.7 Å². The molecule has 1 N–H and O–H groups in total. The molecular formula is C29H52O. The highest BCUT2D eigenvalue weighted by Crippen LogP contribution is 2.67. The molecule has 0 spiro atoms. The van der Waals surface area contributed by atoms with Crippen LogP contribution in [0.15, 0.2) is 11.6 Å². The smallest absolute Gasteiger partial charge is 0.0577 e. The van der Waals surface area contributed by atoms with Gasteiger partial charge < -0.3 is 5.11 Å². The predicted octanol–water partition coefficient (Wildman–Crippen LogP) is 8.41. The minimum absolute atomic E-state index is 0.0766. The van der Waals surface area contributed by atoms with Gasteiger partial charge in [0.2, 0.25) is 0 Å². The lowest BCUT2D eigenvalue weighted by Gasteiger charge is -2.58. The van der Waals surface area contributed by atoms with Crippen LogP contribution in [0.25, 0.3) is 0 Å². The fourth-order valence-corrected chi connectivity index (χ4v) is 8.67. The van der Waals surface area contributed by atoms with Crippen molar-refractivity contribution in [3.05, 3.63) is 11.6 Å². The van der Waals surface area contributed by atoms with E-state index in [0.717, 1.165) is 48.3 Å². The van der Waals surface area contributed by atoms with Crippen LogP contribution in [0.4, 0.5) is 0 Å². The van der Waals surface area contributed by atoms with E-state index >= 15 is 0 Å². The zero-order valence-corrected chi connectivity index (χ0v) is 21.3. The minimum Gasteiger partial charge on any atom is -0.393 e. The van der Waals surface area contributed by atoms with Gasteiger partial charge in [-0.25, -0.2) is 0 Å². The molecule has 0 bridgehead atoms. The largest absolute Gasteiger partial charge is 0.393 e. The van der Waals surface area contributed by atoms with Crippen LogP contribution in [-0.4, -0.2) is 11.2 Å². The van der Waals surface area contributed by atoms with Gasteiger partial charge in [0, 0.05) is 0 Å². The van der Waals surface area contributed by atoms with Gasteiger partial charge in [-0.15, -0.1) is 0 Å². The molecule has 0 aliphatic heterocycles. The zero-order chi connectivity index (χ0) is 22.1. The summed E-state index contributed by atoms with van der Waals surface area (Å²) in [5, 5.41) is 10.2. The molecule has 3 fully saturated rings. The molecule has 30 heavy (non-hydrogen) atoms. The summed E-state index contributed by atoms with van der Waals surface area (Å²) in [4.78, 5) is 0. The van der Waals surface area contributed by atoms with Crippen LogP contribution in [0, 0.1) is 46.3 Å². The molecule has 4 rings (SSSR count). The molecule has 4 aliphatic rings. The van der Waals surface area contributed by atoms with Crippen LogP contribution in [0.2, 0.25) is 0 Å². The van der Waals surface area contributed by atoms with Crippen molar-refractivity contribution in [2.45, 2.75) is 125 Å². The normalized spacial score (nSPS) is 43.6. The quantitative estimate of drug-likeness (QED) is 0.446. The summed E-state index contributed by atoms with van der Waals surface area (Å²) in [5.41, 5.74) is 2.60. The second-order valence-electron chi connectivity index (χ2n) is 12.2. The molecule has 2 unspecified atom stereocenters. The second kappa shape index (κ2) is 9.68. The van der Waals surface area contributed by atoms with E-state index in [4.69, 9.17) is 0 Å². The van der Waals surface area contributed by atoms with E-state index in [0.29, 0.717) is 10.8 Å². The van der Waals surface area contributed by atoms with E-state index < -0.39 is 0 Å². The summed E-state index contributed by atoms with van der Waals surface area (Å²) in [6.45, 7) is 16.6. The Bertz CT molecular complexity index is 591. The molecule has 8 atom stereocenters. The fraction of sp³-hybridized carbons (Fsp3) is 0.931. The van der Waals surface area contributed by atoms with E-state index in [1.807, 2.05) is 13.8 Å². The number of allylic oxidation sites excluding steroid dienone is 1. The molecular weight excluding hydrogens is 364 g/mol. The van der Waals surface area contributed by atoms with E-state index in [-0.39, 0.29) is 6.10 Å². The maximum Gasteiger partial charge on any atom is 0.0577 e. The van der Waals surface area contributed by atoms with Gasteiger partial charge in [0.15, 0.2) is 0 Å². The third-order valence-corrected chi connectivity index (χ3v) is 10.3. The molecule has 174 valence electrons. The van der Waals surface area contributed by atoms with Crippen molar-refractivity contribution in [1.29, 1.82) is 0 Å². The molecule has 0 heterocycles. The molecule has 1 nitrogen and oxygen atoms in total. The highest BCUT2D eigenvalue weighted by atomic mass is 16.3. The van der Waals surface area contributed by atoms with Gasteiger partial charge in [0.25, 0.3) is 0 Å². The van der Waals surface area contributed by atoms with Crippen LogP contribution >= 0.6 is 0 Å². The Labute approximate surface area is 188 Å². The van der Waals surface area contributed by atoms with E-state index in [1.165, 1.54) is 57.8 Å². The molecule has 0 saturated heterocycles. The van der Waals surface area contributed by atoms with Gasteiger partial charge in [-0.05, 0) is 97.7 Å². The van der Waals surface area contributed by atoms with Gasteiger partial charge in [0.1, 0.15) is 0 Å². The first kappa shape index (κ1) is 24.3. The van der Waals surface area contributed by atoms with Gasteiger partial charge in [-0.2, -0.15) is 0 Å². The van der Waals surface area contributed by atoms with Crippen molar-refractivity contribution in [3.63, 3.8) is 0 Å². The lowest BCUT2D eigenvalue weighted by Crippen LogP contribution is -2.50. The first-order valence-electron chi connectivity index (χ1n) is 13.6. The summed E-state index contributed by atoms with van der Waals surface area (Å²) >= 11 is 0. The Hall–Kier alpha value is -0.300. The van der Waals surface area contributed by atoms with Crippen molar-refractivity contribution in [3.8, 4) is 0 Å². The van der Waals surface area contributed by atoms with Crippen molar-refractivity contribution in [2.24, 2.45) is 46.3 Å². The average molecular weight is 417 g/mol. The van der Waals surface area contributed by atoms with Crippen LogP contribution in [0.5, 0.6) is 0 Å². The Morgan fingerprint density at radius 3 is 2.40 bits per heavy atom. The van der Waals surface area contributed by atoms with Crippen molar-refractivity contribution in [1.82, 2.24) is 0 Å². The highest BCUT2D eigenvalue weighted by molar-refractivity contribution is 5.25. The summed E-state index contributed by atoms with van der Waals surface area (Å²) in [5.74, 6) is 5.46. The molecule has 0 amide bonds. The maximum atomic E-state index is 10.2. The van der Waals surface area contributed by atoms with Crippen LogP contribution in [0.3, 0.4) is 0 Å². The Balaban J connectivity index is 0.00000124. The topological polar surface area (TPSA) is 20.2 Å². The maximum absolute atomic E-state index is 10.2. The SMILES string of the molecule is CC.CC(C)CCC[C@@H](C)C1CC[C@H]2[C@@H]3CC=C4CC(O)CC[C@]4(C)[C@H]3CC[C@]12C. The van der Waals surface area contributed by atoms with Crippen LogP contribution in [-0.2, 0) is 0 Å². The zero-order valence-electron chi connectivity index (χ0n) is 21.3. The first-order valence-corrected chi connectivity index (χ1v) is 13.6. The van der Waals surface area contributed by atoms with Gasteiger partial charge in [-0.1, -0.05) is 79.4 Å². The third-order valence-electron chi connectivity index (χ3n) is 10.3. The lowest BCUT2D eigenvalue weighted by molar-refractivity contribution is -0.0573. The van der Waals surface area contributed by atoms with Gasteiger partial charge in [-0.3, -0.25) is 0 Å². The van der Waals surface area contributed by atoms with E-state index in [1.54, 1.807) is 5.57 Å². The Morgan fingerprint density at radius 2 is 1.70 bits per heavy atom. The van der Waals surface area contributed by atoms with Crippen LogP contribution in [0.1, 0.15) is 119 Å². The van der Waals surface area contributed by atoms with Gasteiger partial charge in [0.05, 0.1) is 6.10 Å².